The van der Waals surface area contributed by atoms with Gasteiger partial charge in [0.1, 0.15) is 10.7 Å². The minimum absolute atomic E-state index is 0.272. The number of halogens is 2. The second-order valence-electron chi connectivity index (χ2n) is 3.35. The Hall–Kier alpha value is -1.27. The van der Waals surface area contributed by atoms with Crippen LogP contribution < -0.4 is 5.32 Å². The van der Waals surface area contributed by atoms with Crippen LogP contribution in [0.25, 0.3) is 0 Å². The van der Waals surface area contributed by atoms with E-state index in [2.05, 4.69) is 26.2 Å². The fourth-order valence-corrected chi connectivity index (χ4v) is 2.23. The molecule has 0 aliphatic rings. The number of amides is 1. The van der Waals surface area contributed by atoms with Crippen LogP contribution in [0.2, 0.25) is 0 Å². The lowest BCUT2D eigenvalue weighted by molar-refractivity contribution is 0.103. The molecule has 0 saturated carbocycles. The first-order valence-corrected chi connectivity index (χ1v) is 6.41. The summed E-state index contributed by atoms with van der Waals surface area (Å²) in [6, 6.07) is 4.43. The molecule has 2 aromatic rings. The summed E-state index contributed by atoms with van der Waals surface area (Å²) < 4.78 is 13.6. The van der Waals surface area contributed by atoms with Crippen LogP contribution in [-0.4, -0.2) is 10.9 Å². The highest BCUT2D eigenvalue weighted by Crippen LogP contribution is 2.21. The van der Waals surface area contributed by atoms with E-state index in [0.717, 1.165) is 0 Å². The van der Waals surface area contributed by atoms with Gasteiger partial charge in [0.05, 0.1) is 15.7 Å². The van der Waals surface area contributed by atoms with Crippen molar-refractivity contribution >= 4 is 38.9 Å². The Balaban J connectivity index is 2.19. The lowest BCUT2D eigenvalue weighted by Gasteiger charge is -2.04. The first kappa shape index (κ1) is 12.2. The fraction of sp³-hybridized carbons (Fsp3) is 0.0909. The predicted molar refractivity (Wildman–Crippen MR) is 68.9 cm³/mol. The molecule has 1 aromatic heterocycles. The number of aryl methyl sites for hydroxylation is 1. The average Bonchev–Trinajstić information content (AvgIpc) is 2.70. The Bertz CT molecular complexity index is 570. The standard InChI is InChI=1S/C11H8BrFN2OS/c1-6-10(17-5-14-6)11(16)15-7-2-3-8(12)9(13)4-7/h2-5H,1H3,(H,15,16). The number of hydrogen-bond donors (Lipinski definition) is 1. The molecule has 0 atom stereocenters. The van der Waals surface area contributed by atoms with Gasteiger partial charge in [-0.15, -0.1) is 11.3 Å². The van der Waals surface area contributed by atoms with E-state index in [1.54, 1.807) is 24.6 Å². The topological polar surface area (TPSA) is 42.0 Å². The molecule has 17 heavy (non-hydrogen) atoms. The molecule has 0 aliphatic carbocycles. The highest BCUT2D eigenvalue weighted by atomic mass is 79.9. The molecule has 0 spiro atoms. The number of hydrogen-bond acceptors (Lipinski definition) is 3. The van der Waals surface area contributed by atoms with Gasteiger partial charge in [-0.25, -0.2) is 9.37 Å². The Labute approximate surface area is 110 Å². The third-order valence-electron chi connectivity index (χ3n) is 2.13. The van der Waals surface area contributed by atoms with Crippen molar-refractivity contribution in [3.63, 3.8) is 0 Å². The molecule has 0 aliphatic heterocycles. The van der Waals surface area contributed by atoms with Gasteiger partial charge in [0, 0.05) is 5.69 Å². The van der Waals surface area contributed by atoms with Crippen LogP contribution in [0.1, 0.15) is 15.4 Å². The number of nitrogens with one attached hydrogen (secondary N) is 1. The molecule has 1 aromatic carbocycles. The normalized spacial score (nSPS) is 10.3. The summed E-state index contributed by atoms with van der Waals surface area (Å²) in [4.78, 5) is 16.3. The maximum Gasteiger partial charge on any atom is 0.267 e. The van der Waals surface area contributed by atoms with Crippen molar-refractivity contribution in [2.24, 2.45) is 0 Å². The number of aromatic nitrogens is 1. The Morgan fingerprint density at radius 2 is 2.29 bits per heavy atom. The molecular formula is C11H8BrFN2OS. The van der Waals surface area contributed by atoms with E-state index in [0.29, 0.717) is 20.7 Å². The summed E-state index contributed by atoms with van der Waals surface area (Å²) in [7, 11) is 0. The van der Waals surface area contributed by atoms with Crippen LogP contribution in [0.5, 0.6) is 0 Å². The Morgan fingerprint density at radius 3 is 2.88 bits per heavy atom. The molecule has 3 nitrogen and oxygen atoms in total. The van der Waals surface area contributed by atoms with Crippen molar-refractivity contribution in [2.45, 2.75) is 6.92 Å². The van der Waals surface area contributed by atoms with Gasteiger partial charge in [-0.3, -0.25) is 4.79 Å². The van der Waals surface area contributed by atoms with E-state index in [1.807, 2.05) is 0 Å². The molecule has 1 heterocycles. The second-order valence-corrected chi connectivity index (χ2v) is 5.06. The van der Waals surface area contributed by atoms with Crippen molar-refractivity contribution in [3.05, 3.63) is 44.6 Å². The lowest BCUT2D eigenvalue weighted by Crippen LogP contribution is -2.11. The Kier molecular flexibility index (Phi) is 3.54. The van der Waals surface area contributed by atoms with Crippen molar-refractivity contribution in [3.8, 4) is 0 Å². The molecule has 2 rings (SSSR count). The van der Waals surface area contributed by atoms with E-state index < -0.39 is 5.82 Å². The first-order chi connectivity index (χ1) is 8.08. The Morgan fingerprint density at radius 1 is 1.53 bits per heavy atom. The lowest BCUT2D eigenvalue weighted by atomic mass is 10.3. The van der Waals surface area contributed by atoms with E-state index in [9.17, 15) is 9.18 Å². The second kappa shape index (κ2) is 4.93. The van der Waals surface area contributed by atoms with Crippen LogP contribution >= 0.6 is 27.3 Å². The molecule has 0 bridgehead atoms. The summed E-state index contributed by atoms with van der Waals surface area (Å²) in [5.74, 6) is -0.685. The van der Waals surface area contributed by atoms with Gasteiger partial charge in [-0.1, -0.05) is 0 Å². The van der Waals surface area contributed by atoms with Crippen LogP contribution in [-0.2, 0) is 0 Å². The minimum Gasteiger partial charge on any atom is -0.321 e. The van der Waals surface area contributed by atoms with Gasteiger partial charge < -0.3 is 5.32 Å². The molecule has 0 saturated heterocycles. The SMILES string of the molecule is Cc1ncsc1C(=O)Nc1ccc(Br)c(F)c1. The predicted octanol–water partition coefficient (Wildman–Crippen LogP) is 3.61. The van der Waals surface area contributed by atoms with Crippen molar-refractivity contribution in [2.75, 3.05) is 5.32 Å². The molecule has 0 radical (unpaired) electrons. The number of carbonyl (C=O) groups is 1. The summed E-state index contributed by atoms with van der Waals surface area (Å²) in [5, 5.41) is 2.62. The average molecular weight is 315 g/mol. The summed E-state index contributed by atoms with van der Waals surface area (Å²) in [5.41, 5.74) is 2.69. The van der Waals surface area contributed by atoms with Gasteiger partial charge in [-0.2, -0.15) is 0 Å². The van der Waals surface area contributed by atoms with Gasteiger partial charge in [-0.05, 0) is 41.1 Å². The molecule has 0 fully saturated rings. The number of rotatable bonds is 2. The van der Waals surface area contributed by atoms with Gasteiger partial charge in [0.2, 0.25) is 0 Å². The van der Waals surface area contributed by atoms with Crippen LogP contribution in [0, 0.1) is 12.7 Å². The van der Waals surface area contributed by atoms with Gasteiger partial charge in [0.15, 0.2) is 0 Å². The molecule has 0 unspecified atom stereocenters. The smallest absolute Gasteiger partial charge is 0.267 e. The highest BCUT2D eigenvalue weighted by molar-refractivity contribution is 9.10. The van der Waals surface area contributed by atoms with Gasteiger partial charge >= 0.3 is 0 Å². The molecule has 88 valence electrons. The number of carbonyl (C=O) groups excluding carboxylic acids is 1. The largest absolute Gasteiger partial charge is 0.321 e. The quantitative estimate of drug-likeness (QED) is 0.920. The van der Waals surface area contributed by atoms with E-state index in [4.69, 9.17) is 0 Å². The van der Waals surface area contributed by atoms with Crippen LogP contribution in [0.3, 0.4) is 0 Å². The fourth-order valence-electron chi connectivity index (χ4n) is 1.28. The number of benzene rings is 1. The van der Waals surface area contributed by atoms with Crippen molar-refractivity contribution < 1.29 is 9.18 Å². The molecule has 6 heteroatoms. The van der Waals surface area contributed by atoms with E-state index in [1.165, 1.54) is 17.4 Å². The third-order valence-corrected chi connectivity index (χ3v) is 3.70. The zero-order valence-electron chi connectivity index (χ0n) is 8.83. The molecule has 1 N–H and O–H groups in total. The number of thiazole rings is 1. The maximum absolute atomic E-state index is 13.2. The zero-order chi connectivity index (χ0) is 12.4. The van der Waals surface area contributed by atoms with Crippen molar-refractivity contribution in [1.82, 2.24) is 4.98 Å². The highest BCUT2D eigenvalue weighted by Gasteiger charge is 2.12. The summed E-state index contributed by atoms with van der Waals surface area (Å²) >= 11 is 4.31. The molecular weight excluding hydrogens is 307 g/mol. The third kappa shape index (κ3) is 2.70. The van der Waals surface area contributed by atoms with Crippen molar-refractivity contribution in [1.29, 1.82) is 0 Å². The van der Waals surface area contributed by atoms with Crippen LogP contribution in [0.4, 0.5) is 10.1 Å². The number of nitrogens with zero attached hydrogens (tertiary/aromatic N) is 1. The minimum atomic E-state index is -0.413. The number of anilines is 1. The van der Waals surface area contributed by atoms with E-state index in [-0.39, 0.29) is 5.91 Å². The van der Waals surface area contributed by atoms with Crippen LogP contribution in [0.15, 0.2) is 28.2 Å². The first-order valence-electron chi connectivity index (χ1n) is 4.74. The maximum atomic E-state index is 13.2. The summed E-state index contributed by atoms with van der Waals surface area (Å²) in [6.07, 6.45) is 0. The van der Waals surface area contributed by atoms with Gasteiger partial charge in [0.25, 0.3) is 5.91 Å². The zero-order valence-corrected chi connectivity index (χ0v) is 11.2. The molecule has 1 amide bonds. The summed E-state index contributed by atoms with van der Waals surface area (Å²) in [6.45, 7) is 1.76. The monoisotopic (exact) mass is 314 g/mol. The van der Waals surface area contributed by atoms with E-state index >= 15 is 0 Å².